The second kappa shape index (κ2) is 12.5. The molecule has 3 rings (SSSR count). The Labute approximate surface area is 148 Å². The maximum absolute atomic E-state index is 5.39. The normalized spacial score (nSPS) is 12.9. The van der Waals surface area contributed by atoms with Crippen molar-refractivity contribution in [2.24, 2.45) is 0 Å². The molecule has 21 heavy (non-hydrogen) atoms. The fraction of sp³-hybridized carbons (Fsp3) is 0.200. The van der Waals surface area contributed by atoms with Crippen LogP contribution < -0.4 is 0 Å². The summed E-state index contributed by atoms with van der Waals surface area (Å²) < 4.78 is 0. The molecule has 2 aliphatic rings. The van der Waals surface area contributed by atoms with Crippen LogP contribution >= 0.6 is 0 Å². The molecule has 0 heterocycles. The number of allylic oxidation sites excluding steroid dienone is 8. The van der Waals surface area contributed by atoms with Crippen molar-refractivity contribution in [3.8, 4) is 0 Å². The number of aryl methyl sites for hydroxylation is 2. The second-order valence-electron chi connectivity index (χ2n) is 4.53. The van der Waals surface area contributed by atoms with Crippen LogP contribution in [0.15, 0.2) is 54.7 Å². The van der Waals surface area contributed by atoms with Crippen LogP contribution in [0, 0.1) is 32.6 Å². The maximum atomic E-state index is 5.39. The van der Waals surface area contributed by atoms with Crippen molar-refractivity contribution in [3.63, 3.8) is 0 Å². The van der Waals surface area contributed by atoms with Crippen molar-refractivity contribution in [1.82, 2.24) is 0 Å². The first kappa shape index (κ1) is 19.8. The standard InChI is InChI=1S/C10H11.2C5H5.Zr/c1-4-10-7-8(2)5-6-9(10)3;2*1-2-4-5-3-1;/h1,4-7H,2-3H3;2*1-3H,4H2;/q3*-1;+3. The van der Waals surface area contributed by atoms with E-state index in [1.807, 2.05) is 24.3 Å². The third-order valence-corrected chi connectivity index (χ3v) is 2.79. The minimum absolute atomic E-state index is 0. The molecule has 0 spiro atoms. The van der Waals surface area contributed by atoms with E-state index in [0.29, 0.717) is 0 Å². The zero-order valence-corrected chi connectivity index (χ0v) is 15.2. The fourth-order valence-electron chi connectivity index (χ4n) is 1.62. The summed E-state index contributed by atoms with van der Waals surface area (Å²) in [6, 6.07) is 6.24. The van der Waals surface area contributed by atoms with Crippen molar-refractivity contribution < 1.29 is 26.2 Å². The quantitative estimate of drug-likeness (QED) is 0.597. The Hall–Kier alpha value is -1.20. The number of benzene rings is 1. The van der Waals surface area contributed by atoms with Crippen LogP contribution in [-0.2, 0) is 26.2 Å². The summed E-state index contributed by atoms with van der Waals surface area (Å²) in [5.74, 6) is 0. The van der Waals surface area contributed by atoms with E-state index in [0.717, 1.165) is 18.4 Å². The van der Waals surface area contributed by atoms with Crippen LogP contribution in [0.3, 0.4) is 0 Å². The van der Waals surface area contributed by atoms with Gasteiger partial charge in [-0.05, 0) is 6.92 Å². The van der Waals surface area contributed by atoms with Crippen molar-refractivity contribution >= 4 is 6.08 Å². The Kier molecular flexibility index (Phi) is 11.8. The molecule has 1 radical (unpaired) electrons. The van der Waals surface area contributed by atoms with Gasteiger partial charge in [-0.25, -0.2) is 30.4 Å². The van der Waals surface area contributed by atoms with Gasteiger partial charge >= 0.3 is 26.2 Å². The van der Waals surface area contributed by atoms with Crippen LogP contribution in [0.1, 0.15) is 29.5 Å². The van der Waals surface area contributed by atoms with Crippen molar-refractivity contribution in [1.29, 1.82) is 0 Å². The van der Waals surface area contributed by atoms with Gasteiger partial charge in [-0.2, -0.15) is 17.7 Å². The van der Waals surface area contributed by atoms with E-state index < -0.39 is 0 Å². The summed E-state index contributed by atoms with van der Waals surface area (Å²) in [7, 11) is 0. The van der Waals surface area contributed by atoms with Crippen molar-refractivity contribution in [2.45, 2.75) is 26.7 Å². The first-order valence-corrected chi connectivity index (χ1v) is 6.79. The first-order valence-electron chi connectivity index (χ1n) is 6.79. The van der Waals surface area contributed by atoms with E-state index in [1.54, 1.807) is 6.08 Å². The van der Waals surface area contributed by atoms with Crippen molar-refractivity contribution in [2.75, 3.05) is 0 Å². The zero-order chi connectivity index (χ0) is 14.6. The molecule has 0 N–H and O–H groups in total. The molecule has 0 unspecified atom stereocenters. The van der Waals surface area contributed by atoms with Crippen LogP contribution in [0.5, 0.6) is 0 Å². The Bertz CT molecular complexity index is 489. The van der Waals surface area contributed by atoms with Crippen LogP contribution in [-0.4, -0.2) is 0 Å². The molecule has 105 valence electrons. The summed E-state index contributed by atoms with van der Waals surface area (Å²) in [6.07, 6.45) is 21.6. The summed E-state index contributed by atoms with van der Waals surface area (Å²) in [4.78, 5) is 0. The summed E-state index contributed by atoms with van der Waals surface area (Å²) >= 11 is 0. The molecule has 0 aliphatic heterocycles. The summed E-state index contributed by atoms with van der Waals surface area (Å²) in [5, 5.41) is 0. The van der Waals surface area contributed by atoms with E-state index in [9.17, 15) is 0 Å². The Morgan fingerprint density at radius 1 is 1.00 bits per heavy atom. The van der Waals surface area contributed by atoms with E-state index in [-0.39, 0.29) is 26.2 Å². The Balaban J connectivity index is 0.000000307. The maximum Gasteiger partial charge on any atom is 3.00 e. The van der Waals surface area contributed by atoms with Gasteiger partial charge in [-0.3, -0.25) is 18.7 Å². The average molecular weight is 353 g/mol. The molecule has 0 saturated carbocycles. The molecular formula is C20H21Zr. The van der Waals surface area contributed by atoms with E-state index >= 15 is 0 Å². The van der Waals surface area contributed by atoms with Crippen LogP contribution in [0.2, 0.25) is 0 Å². The van der Waals surface area contributed by atoms with Gasteiger partial charge in [-0.1, -0.05) is 24.6 Å². The zero-order valence-electron chi connectivity index (χ0n) is 12.8. The first-order chi connectivity index (χ1) is 9.74. The van der Waals surface area contributed by atoms with Crippen LogP contribution in [0.25, 0.3) is 6.08 Å². The Morgan fingerprint density at radius 3 is 1.86 bits per heavy atom. The number of hydrogen-bond acceptors (Lipinski definition) is 0. The number of rotatable bonds is 1. The molecule has 0 bridgehead atoms. The van der Waals surface area contributed by atoms with E-state index in [4.69, 9.17) is 6.58 Å². The van der Waals surface area contributed by atoms with Gasteiger partial charge in [0.1, 0.15) is 0 Å². The third kappa shape index (κ3) is 9.37. The third-order valence-electron chi connectivity index (χ3n) is 2.79. The molecule has 1 aromatic carbocycles. The molecule has 2 aliphatic carbocycles. The smallest absolute Gasteiger partial charge is 0.292 e. The van der Waals surface area contributed by atoms with E-state index in [2.05, 4.69) is 56.4 Å². The molecule has 1 heteroatoms. The van der Waals surface area contributed by atoms with Gasteiger partial charge in [0.05, 0.1) is 0 Å². The van der Waals surface area contributed by atoms with Gasteiger partial charge in [0.25, 0.3) is 0 Å². The summed E-state index contributed by atoms with van der Waals surface area (Å²) in [5.41, 5.74) is 3.61. The van der Waals surface area contributed by atoms with Crippen LogP contribution in [0.4, 0.5) is 0 Å². The van der Waals surface area contributed by atoms with Gasteiger partial charge in [0, 0.05) is 0 Å². The van der Waals surface area contributed by atoms with Gasteiger partial charge in [0.2, 0.25) is 0 Å². The largest absolute Gasteiger partial charge is 3.00 e. The molecule has 0 atom stereocenters. The molecule has 0 saturated heterocycles. The molecule has 0 fully saturated rings. The monoisotopic (exact) mass is 351 g/mol. The molecule has 0 nitrogen and oxygen atoms in total. The second-order valence-corrected chi connectivity index (χ2v) is 4.53. The molecule has 0 aromatic heterocycles. The van der Waals surface area contributed by atoms with E-state index in [1.165, 1.54) is 11.1 Å². The average Bonchev–Trinajstić information content (AvgIpc) is 3.19. The van der Waals surface area contributed by atoms with Gasteiger partial charge < -0.3 is 0 Å². The predicted molar refractivity (Wildman–Crippen MR) is 87.8 cm³/mol. The molecule has 1 aromatic rings. The van der Waals surface area contributed by atoms with Crippen molar-refractivity contribution in [3.05, 3.63) is 90.1 Å². The minimum Gasteiger partial charge on any atom is -0.292 e. The SMILES string of the molecule is [C-]1=CC=CC1.[C-]1=CC=CC1.[CH-]=Cc1cc(C)ccc1C.[Zr+3]. The van der Waals surface area contributed by atoms with Gasteiger partial charge in [-0.15, -0.1) is 24.5 Å². The molecular weight excluding hydrogens is 331 g/mol. The summed E-state index contributed by atoms with van der Waals surface area (Å²) in [6.45, 7) is 9.51. The molecule has 0 amide bonds. The number of hydrogen-bond donors (Lipinski definition) is 0. The van der Waals surface area contributed by atoms with Gasteiger partial charge in [0.15, 0.2) is 0 Å². The Morgan fingerprint density at radius 2 is 1.57 bits per heavy atom. The minimum atomic E-state index is 0. The topological polar surface area (TPSA) is 0 Å². The fourth-order valence-corrected chi connectivity index (χ4v) is 1.62. The predicted octanol–water partition coefficient (Wildman–Crippen LogP) is 5.36.